The number of nitrogens with zero attached hydrogens (tertiary/aromatic N) is 2. The van der Waals surface area contributed by atoms with E-state index < -0.39 is 10.0 Å². The van der Waals surface area contributed by atoms with E-state index >= 15 is 0 Å². The maximum atomic E-state index is 13.2. The highest BCUT2D eigenvalue weighted by Gasteiger charge is 2.28. The van der Waals surface area contributed by atoms with Crippen molar-refractivity contribution in [1.82, 2.24) is 14.5 Å². The van der Waals surface area contributed by atoms with Crippen LogP contribution in [0.1, 0.15) is 29.2 Å². The molecule has 2 aromatic carbocycles. The van der Waals surface area contributed by atoms with Crippen molar-refractivity contribution in [2.24, 2.45) is 0 Å². The summed E-state index contributed by atoms with van der Waals surface area (Å²) in [4.78, 5) is 17.2. The van der Waals surface area contributed by atoms with E-state index in [9.17, 15) is 18.3 Å². The average Bonchev–Trinajstić information content (AvgIpc) is 3.55. The minimum absolute atomic E-state index is 0. The summed E-state index contributed by atoms with van der Waals surface area (Å²) >= 11 is 1.18. The van der Waals surface area contributed by atoms with E-state index in [1.807, 2.05) is 61.6 Å². The zero-order valence-corrected chi connectivity index (χ0v) is 22.6. The van der Waals surface area contributed by atoms with Crippen LogP contribution in [0.15, 0.2) is 76.3 Å². The van der Waals surface area contributed by atoms with E-state index in [0.717, 1.165) is 29.7 Å². The Morgan fingerprint density at radius 2 is 1.81 bits per heavy atom. The van der Waals surface area contributed by atoms with Gasteiger partial charge in [0.1, 0.15) is 4.21 Å². The number of aliphatic hydroxyl groups is 1. The van der Waals surface area contributed by atoms with Gasteiger partial charge in [0.15, 0.2) is 0 Å². The number of carbonyl (C=O) groups is 1. The van der Waals surface area contributed by atoms with Crippen molar-refractivity contribution in [1.29, 1.82) is 0 Å². The van der Waals surface area contributed by atoms with Gasteiger partial charge >= 0.3 is 0 Å². The largest absolute Gasteiger partial charge is 0.392 e. The summed E-state index contributed by atoms with van der Waals surface area (Å²) in [6.07, 6.45) is 0.708. The zero-order valence-electron chi connectivity index (χ0n) is 20.1. The Balaban J connectivity index is 0.00000361. The number of thiophene rings is 1. The molecule has 0 radical (unpaired) electrons. The average molecular weight is 550 g/mol. The lowest BCUT2D eigenvalue weighted by molar-refractivity contribution is -0.131. The molecule has 3 aromatic rings. The number of aliphatic hydroxyl groups excluding tert-OH is 1. The van der Waals surface area contributed by atoms with Crippen molar-refractivity contribution in [3.8, 4) is 0 Å². The highest BCUT2D eigenvalue weighted by Crippen LogP contribution is 2.24. The van der Waals surface area contributed by atoms with E-state index in [4.69, 9.17) is 0 Å². The van der Waals surface area contributed by atoms with E-state index in [2.05, 4.69) is 9.62 Å². The third-order valence-corrected chi connectivity index (χ3v) is 9.13. The number of β-amino-alcohol motifs (C(OH)–C–C–N with tert-alkyl or cyclic N) is 1. The normalized spacial score (nSPS) is 16.9. The number of amides is 1. The molecule has 1 aromatic heterocycles. The SMILES string of the molecule is CN(C(=O)Cc1ccc(CNS(=O)(=O)c2cccs2)cc1)C(CN1CCC(O)C1)c1ccccc1.Cl. The van der Waals surface area contributed by atoms with E-state index in [1.165, 1.54) is 11.3 Å². The number of carbonyl (C=O) groups excluding carboxylic acids is 1. The van der Waals surface area contributed by atoms with Crippen molar-refractivity contribution < 1.29 is 18.3 Å². The number of sulfonamides is 1. The molecule has 0 saturated carbocycles. The van der Waals surface area contributed by atoms with Crippen LogP contribution in [0.3, 0.4) is 0 Å². The first kappa shape index (κ1) is 28.3. The molecule has 0 bridgehead atoms. The third-order valence-electron chi connectivity index (χ3n) is 6.33. The molecule has 1 aliphatic rings. The van der Waals surface area contributed by atoms with Crippen LogP contribution in [0, 0.1) is 0 Å². The number of likely N-dealkylation sites (tertiary alicyclic amines) is 1. The second-order valence-corrected chi connectivity index (χ2v) is 11.8. The van der Waals surface area contributed by atoms with Crippen LogP contribution in [0.5, 0.6) is 0 Å². The third kappa shape index (κ3) is 7.38. The van der Waals surface area contributed by atoms with Gasteiger partial charge in [-0.15, -0.1) is 23.7 Å². The Morgan fingerprint density at radius 3 is 2.42 bits per heavy atom. The predicted molar refractivity (Wildman–Crippen MR) is 145 cm³/mol. The summed E-state index contributed by atoms with van der Waals surface area (Å²) in [5, 5.41) is 11.6. The van der Waals surface area contributed by atoms with Crippen LogP contribution in [-0.4, -0.2) is 62.0 Å². The topological polar surface area (TPSA) is 90.0 Å². The van der Waals surface area contributed by atoms with E-state index in [0.29, 0.717) is 17.3 Å². The highest BCUT2D eigenvalue weighted by atomic mass is 35.5. The fourth-order valence-electron chi connectivity index (χ4n) is 4.26. The van der Waals surface area contributed by atoms with Gasteiger partial charge in [0.2, 0.25) is 15.9 Å². The first-order valence-electron chi connectivity index (χ1n) is 11.6. The van der Waals surface area contributed by atoms with Crippen LogP contribution < -0.4 is 4.72 Å². The van der Waals surface area contributed by atoms with Gasteiger partial charge in [-0.25, -0.2) is 13.1 Å². The molecule has 2 atom stereocenters. The summed E-state index contributed by atoms with van der Waals surface area (Å²) < 4.78 is 27.5. The molecule has 1 aliphatic heterocycles. The second kappa shape index (κ2) is 12.8. The molecule has 0 spiro atoms. The molecule has 1 saturated heterocycles. The second-order valence-electron chi connectivity index (χ2n) is 8.88. The number of benzene rings is 2. The number of nitrogens with one attached hydrogen (secondary N) is 1. The molecule has 0 aliphatic carbocycles. The summed E-state index contributed by atoms with van der Waals surface area (Å²) in [6.45, 7) is 2.31. The lowest BCUT2D eigenvalue weighted by atomic mass is 10.0. The molecule has 7 nitrogen and oxygen atoms in total. The van der Waals surface area contributed by atoms with Crippen molar-refractivity contribution >= 4 is 39.7 Å². The predicted octanol–water partition coefficient (Wildman–Crippen LogP) is 3.46. The van der Waals surface area contributed by atoms with Crippen molar-refractivity contribution in [2.75, 3.05) is 26.7 Å². The molecule has 1 fully saturated rings. The van der Waals surface area contributed by atoms with Gasteiger partial charge in [-0.2, -0.15) is 0 Å². The van der Waals surface area contributed by atoms with Crippen LogP contribution in [0.4, 0.5) is 0 Å². The van der Waals surface area contributed by atoms with Gasteiger partial charge in [-0.1, -0.05) is 60.7 Å². The van der Waals surface area contributed by atoms with E-state index in [-0.39, 0.29) is 43.4 Å². The summed E-state index contributed by atoms with van der Waals surface area (Å²) in [6, 6.07) is 20.6. The van der Waals surface area contributed by atoms with E-state index in [1.54, 1.807) is 22.4 Å². The first-order chi connectivity index (χ1) is 16.8. The number of hydrogen-bond acceptors (Lipinski definition) is 6. The summed E-state index contributed by atoms with van der Waals surface area (Å²) in [5.74, 6) is 0.00440. The van der Waals surface area contributed by atoms with Crippen LogP contribution in [0.2, 0.25) is 0 Å². The molecule has 4 rings (SSSR count). The maximum Gasteiger partial charge on any atom is 0.250 e. The molecule has 194 valence electrons. The molecule has 10 heteroatoms. The maximum absolute atomic E-state index is 13.2. The number of hydrogen-bond donors (Lipinski definition) is 2. The molecular formula is C26H32ClN3O4S2. The summed E-state index contributed by atoms with van der Waals surface area (Å²) in [7, 11) is -1.68. The van der Waals surface area contributed by atoms with Crippen molar-refractivity contribution in [3.63, 3.8) is 0 Å². The number of likely N-dealkylation sites (N-methyl/N-ethyl adjacent to an activating group) is 1. The van der Waals surface area contributed by atoms with Crippen LogP contribution >= 0.6 is 23.7 Å². The fraction of sp³-hybridized carbons (Fsp3) is 0.346. The first-order valence-corrected chi connectivity index (χ1v) is 14.0. The Morgan fingerprint density at radius 1 is 1.11 bits per heavy atom. The van der Waals surface area contributed by atoms with Crippen LogP contribution in [0.25, 0.3) is 0 Å². The Hall–Kier alpha value is -2.27. The lowest BCUT2D eigenvalue weighted by Crippen LogP contribution is -2.39. The molecule has 2 unspecified atom stereocenters. The lowest BCUT2D eigenvalue weighted by Gasteiger charge is -2.32. The monoisotopic (exact) mass is 549 g/mol. The van der Waals surface area contributed by atoms with Gasteiger partial charge < -0.3 is 10.0 Å². The molecule has 2 heterocycles. The number of rotatable bonds is 10. The van der Waals surface area contributed by atoms with Gasteiger partial charge in [-0.05, 0) is 34.6 Å². The van der Waals surface area contributed by atoms with Gasteiger partial charge in [0.25, 0.3) is 0 Å². The highest BCUT2D eigenvalue weighted by molar-refractivity contribution is 7.91. The van der Waals surface area contributed by atoms with Crippen LogP contribution in [-0.2, 0) is 27.8 Å². The molecule has 2 N–H and O–H groups in total. The Kier molecular flexibility index (Phi) is 10.1. The molecule has 36 heavy (non-hydrogen) atoms. The van der Waals surface area contributed by atoms with Gasteiger partial charge in [0, 0.05) is 33.2 Å². The van der Waals surface area contributed by atoms with Crippen molar-refractivity contribution in [2.45, 2.75) is 35.7 Å². The van der Waals surface area contributed by atoms with Gasteiger partial charge in [-0.3, -0.25) is 9.69 Å². The standard InChI is InChI=1S/C26H31N3O4S2.ClH/c1-28(24(22-6-3-2-4-7-22)19-29-14-13-23(30)18-29)25(31)16-20-9-11-21(12-10-20)17-27-35(32,33)26-8-5-15-34-26;/h2-12,15,23-24,27,30H,13-14,16-19H2,1H3;1H. The Labute approximate surface area is 223 Å². The summed E-state index contributed by atoms with van der Waals surface area (Å²) in [5.41, 5.74) is 2.76. The quantitative estimate of drug-likeness (QED) is 0.404. The fourth-order valence-corrected chi connectivity index (χ4v) is 6.32. The molecular weight excluding hydrogens is 518 g/mol. The molecule has 1 amide bonds. The Bertz CT molecular complexity index is 1210. The minimum Gasteiger partial charge on any atom is -0.392 e. The minimum atomic E-state index is -3.52. The van der Waals surface area contributed by atoms with Crippen molar-refractivity contribution in [3.05, 3.63) is 88.8 Å². The number of halogens is 1. The van der Waals surface area contributed by atoms with Gasteiger partial charge in [0.05, 0.1) is 18.6 Å². The smallest absolute Gasteiger partial charge is 0.250 e. The zero-order chi connectivity index (χ0) is 24.8.